The third-order valence-electron chi connectivity index (χ3n) is 3.28. The maximum atomic E-state index is 6.02. The number of nitrogens with one attached hydrogen (secondary N) is 1. The van der Waals surface area contributed by atoms with Gasteiger partial charge < -0.3 is 0 Å². The molecule has 1 fully saturated rings. The van der Waals surface area contributed by atoms with E-state index in [1.807, 2.05) is 19.3 Å². The van der Waals surface area contributed by atoms with Gasteiger partial charge in [-0.15, -0.1) is 0 Å². The molecule has 94 valence electrons. The van der Waals surface area contributed by atoms with Gasteiger partial charge in [0.25, 0.3) is 0 Å². The van der Waals surface area contributed by atoms with Gasteiger partial charge in [0.05, 0.1) is 5.02 Å². The minimum absolute atomic E-state index is 0.384. The Hall–Kier alpha value is -0.350. The van der Waals surface area contributed by atoms with E-state index in [1.165, 1.54) is 24.8 Å². The number of nitrogens with zero attached hydrogens (tertiary/aromatic N) is 2. The maximum Gasteiger partial charge on any atom is 0.147 e. The van der Waals surface area contributed by atoms with Crippen LogP contribution in [-0.4, -0.2) is 30.1 Å². The van der Waals surface area contributed by atoms with Crippen LogP contribution >= 0.6 is 23.2 Å². The van der Waals surface area contributed by atoms with Gasteiger partial charge in [-0.3, -0.25) is 5.43 Å². The summed E-state index contributed by atoms with van der Waals surface area (Å²) >= 11 is 11.9. The second-order valence-electron chi connectivity index (χ2n) is 4.40. The number of aromatic nitrogens is 1. The molecule has 1 N–H and O–H groups in total. The molecule has 0 amide bonds. The van der Waals surface area contributed by atoms with Crippen molar-refractivity contribution in [3.05, 3.63) is 28.0 Å². The quantitative estimate of drug-likeness (QED) is 0.840. The molecule has 2 heterocycles. The Morgan fingerprint density at radius 3 is 2.94 bits per heavy atom. The largest absolute Gasteiger partial charge is 0.258 e. The van der Waals surface area contributed by atoms with Gasteiger partial charge in [0.1, 0.15) is 5.15 Å². The Morgan fingerprint density at radius 1 is 1.41 bits per heavy atom. The first-order valence-corrected chi connectivity index (χ1v) is 6.69. The lowest BCUT2D eigenvalue weighted by Crippen LogP contribution is -2.37. The van der Waals surface area contributed by atoms with Crippen LogP contribution < -0.4 is 5.43 Å². The molecule has 0 spiro atoms. The third kappa shape index (κ3) is 3.32. The first-order valence-electron chi connectivity index (χ1n) is 5.94. The van der Waals surface area contributed by atoms with Crippen LogP contribution in [0.4, 0.5) is 0 Å². The number of hydrogen-bond donors (Lipinski definition) is 1. The fourth-order valence-electron chi connectivity index (χ4n) is 2.28. The second-order valence-corrected chi connectivity index (χ2v) is 5.17. The van der Waals surface area contributed by atoms with E-state index in [2.05, 4.69) is 15.4 Å². The fraction of sp³-hybridized carbons (Fsp3) is 0.583. The van der Waals surface area contributed by atoms with Gasteiger partial charge in [-0.1, -0.05) is 29.6 Å². The van der Waals surface area contributed by atoms with E-state index in [0.717, 1.165) is 13.1 Å². The fourth-order valence-corrected chi connectivity index (χ4v) is 2.55. The van der Waals surface area contributed by atoms with Crippen molar-refractivity contribution in [1.82, 2.24) is 15.4 Å². The van der Waals surface area contributed by atoms with Crippen molar-refractivity contribution < 1.29 is 0 Å². The number of hydrazine groups is 1. The molecule has 0 saturated carbocycles. The summed E-state index contributed by atoms with van der Waals surface area (Å²) in [5, 5.41) is 3.18. The van der Waals surface area contributed by atoms with Gasteiger partial charge >= 0.3 is 0 Å². The van der Waals surface area contributed by atoms with E-state index in [4.69, 9.17) is 23.2 Å². The number of hydrogen-bond acceptors (Lipinski definition) is 3. The van der Waals surface area contributed by atoms with E-state index < -0.39 is 0 Å². The zero-order chi connectivity index (χ0) is 12.3. The summed E-state index contributed by atoms with van der Waals surface area (Å²) in [5.41, 5.74) is 4.41. The van der Waals surface area contributed by atoms with Crippen LogP contribution in [-0.2, 0) is 0 Å². The summed E-state index contributed by atoms with van der Waals surface area (Å²) in [6, 6.07) is 1.95. The van der Waals surface area contributed by atoms with Crippen LogP contribution in [0.1, 0.15) is 30.7 Å². The molecule has 0 aromatic carbocycles. The highest BCUT2D eigenvalue weighted by Gasteiger charge is 2.19. The molecule has 0 unspecified atom stereocenters. The van der Waals surface area contributed by atoms with Crippen molar-refractivity contribution in [3.8, 4) is 0 Å². The van der Waals surface area contributed by atoms with Gasteiger partial charge in [-0.25, -0.2) is 9.99 Å². The van der Waals surface area contributed by atoms with Crippen molar-refractivity contribution in [2.24, 2.45) is 0 Å². The summed E-state index contributed by atoms with van der Waals surface area (Å²) in [4.78, 5) is 4.13. The molecule has 5 heteroatoms. The summed E-state index contributed by atoms with van der Waals surface area (Å²) in [6.45, 7) is 2.10. The van der Waals surface area contributed by atoms with Crippen molar-refractivity contribution in [2.75, 3.05) is 20.1 Å². The summed E-state index contributed by atoms with van der Waals surface area (Å²) in [7, 11) is 1.97. The highest BCUT2D eigenvalue weighted by atomic mass is 35.5. The van der Waals surface area contributed by atoms with E-state index in [-0.39, 0.29) is 0 Å². The standard InChI is InChI=1S/C12H17Cl2N3/c1-15-17-5-3-2-4-9(8-17)10-6-11(13)12(14)16-7-10/h6-7,9,15H,2-5,8H2,1H3/t9-/m1/s1. The van der Waals surface area contributed by atoms with E-state index >= 15 is 0 Å². The van der Waals surface area contributed by atoms with Gasteiger partial charge in [0.2, 0.25) is 0 Å². The SMILES string of the molecule is CNN1CCCC[C@@H](c2cnc(Cl)c(Cl)c2)C1. The molecular formula is C12H17Cl2N3. The molecule has 1 aliphatic heterocycles. The summed E-state index contributed by atoms with van der Waals surface area (Å²) < 4.78 is 0. The average Bonchev–Trinajstić information content (AvgIpc) is 2.58. The van der Waals surface area contributed by atoms with Crippen molar-refractivity contribution in [1.29, 1.82) is 0 Å². The van der Waals surface area contributed by atoms with Crippen LogP contribution in [0.3, 0.4) is 0 Å². The molecule has 1 aliphatic rings. The Labute approximate surface area is 112 Å². The van der Waals surface area contributed by atoms with E-state index in [1.54, 1.807) is 0 Å². The monoisotopic (exact) mass is 273 g/mol. The van der Waals surface area contributed by atoms with Gasteiger partial charge in [-0.05, 0) is 37.4 Å². The number of pyridine rings is 1. The molecule has 1 aromatic rings. The number of halogens is 2. The molecule has 1 aromatic heterocycles. The molecular weight excluding hydrogens is 257 g/mol. The van der Waals surface area contributed by atoms with E-state index in [9.17, 15) is 0 Å². The Bertz CT molecular complexity index is 384. The van der Waals surface area contributed by atoms with Crippen molar-refractivity contribution in [3.63, 3.8) is 0 Å². The lowest BCUT2D eigenvalue weighted by atomic mass is 9.96. The highest BCUT2D eigenvalue weighted by Crippen LogP contribution is 2.29. The van der Waals surface area contributed by atoms with Gasteiger partial charge in [-0.2, -0.15) is 0 Å². The average molecular weight is 274 g/mol. The van der Waals surface area contributed by atoms with Gasteiger partial charge in [0, 0.05) is 19.3 Å². The minimum atomic E-state index is 0.384. The first kappa shape index (κ1) is 13.1. The zero-order valence-electron chi connectivity index (χ0n) is 9.92. The van der Waals surface area contributed by atoms with Crippen LogP contribution in [0.15, 0.2) is 12.3 Å². The van der Waals surface area contributed by atoms with Crippen molar-refractivity contribution in [2.45, 2.75) is 25.2 Å². The van der Waals surface area contributed by atoms with Crippen LogP contribution in [0.25, 0.3) is 0 Å². The molecule has 0 radical (unpaired) electrons. The lowest BCUT2D eigenvalue weighted by Gasteiger charge is -2.23. The smallest absolute Gasteiger partial charge is 0.147 e. The Balaban J connectivity index is 2.16. The summed E-state index contributed by atoms with van der Waals surface area (Å²) in [5.74, 6) is 0.479. The predicted octanol–water partition coefficient (Wildman–Crippen LogP) is 3.09. The molecule has 0 bridgehead atoms. The Morgan fingerprint density at radius 2 is 2.24 bits per heavy atom. The lowest BCUT2D eigenvalue weighted by molar-refractivity contribution is 0.207. The van der Waals surface area contributed by atoms with Crippen LogP contribution in [0.2, 0.25) is 10.2 Å². The topological polar surface area (TPSA) is 28.2 Å². The maximum absolute atomic E-state index is 6.02. The summed E-state index contributed by atoms with van der Waals surface area (Å²) in [6.07, 6.45) is 5.49. The van der Waals surface area contributed by atoms with Gasteiger partial charge in [0.15, 0.2) is 0 Å². The molecule has 17 heavy (non-hydrogen) atoms. The van der Waals surface area contributed by atoms with Crippen molar-refractivity contribution >= 4 is 23.2 Å². The minimum Gasteiger partial charge on any atom is -0.258 e. The number of rotatable bonds is 2. The molecule has 3 nitrogen and oxygen atoms in total. The predicted molar refractivity (Wildman–Crippen MR) is 71.5 cm³/mol. The zero-order valence-corrected chi connectivity index (χ0v) is 11.4. The molecule has 1 saturated heterocycles. The van der Waals surface area contributed by atoms with E-state index in [0.29, 0.717) is 16.1 Å². The molecule has 0 aliphatic carbocycles. The van der Waals surface area contributed by atoms with Crippen LogP contribution in [0, 0.1) is 0 Å². The molecule has 2 rings (SSSR count). The second kappa shape index (κ2) is 6.01. The molecule has 1 atom stereocenters. The first-order chi connectivity index (χ1) is 8.20. The Kier molecular flexibility index (Phi) is 4.62. The highest BCUT2D eigenvalue weighted by molar-refractivity contribution is 6.41. The third-order valence-corrected chi connectivity index (χ3v) is 3.96. The van der Waals surface area contributed by atoms with Crippen LogP contribution in [0.5, 0.6) is 0 Å². The normalized spacial score (nSPS) is 22.4.